The van der Waals surface area contributed by atoms with Crippen molar-refractivity contribution in [2.75, 3.05) is 17.5 Å². The highest BCUT2D eigenvalue weighted by Crippen LogP contribution is 2.33. The number of sulfonamides is 1. The number of nitrogens with zero attached hydrogens (tertiary/aromatic N) is 2. The number of benzene rings is 3. The van der Waals surface area contributed by atoms with E-state index in [-0.39, 0.29) is 23.0 Å². The number of anilines is 1. The van der Waals surface area contributed by atoms with Gasteiger partial charge in [-0.15, -0.1) is 0 Å². The van der Waals surface area contributed by atoms with Crippen molar-refractivity contribution in [1.29, 1.82) is 0 Å². The monoisotopic (exact) mass is 599 g/mol. The van der Waals surface area contributed by atoms with Crippen molar-refractivity contribution >= 4 is 39.1 Å². The molecule has 1 atom stereocenters. The topological polar surface area (TPSA) is 96.0 Å². The second-order valence-corrected chi connectivity index (χ2v) is 13.1. The third-order valence-corrected chi connectivity index (χ3v) is 8.24. The minimum atomic E-state index is -4.21. The molecule has 0 heterocycles. The second kappa shape index (κ2) is 13.4. The maximum atomic E-state index is 14.1. The predicted octanol–water partition coefficient (Wildman–Crippen LogP) is 5.57. The first-order chi connectivity index (χ1) is 19.2. The summed E-state index contributed by atoms with van der Waals surface area (Å²) in [7, 11) is -4.21. The molecule has 3 aromatic rings. The summed E-state index contributed by atoms with van der Waals surface area (Å²) < 4.78 is 34.9. The number of aryl methyl sites for hydroxylation is 1. The summed E-state index contributed by atoms with van der Waals surface area (Å²) in [6.07, 6.45) is 0. The van der Waals surface area contributed by atoms with Crippen LogP contribution in [0.25, 0.3) is 0 Å². The van der Waals surface area contributed by atoms with Crippen LogP contribution in [-0.4, -0.2) is 49.9 Å². The standard InChI is InChI=1S/C31H38ClN3O5S/c1-7-40-28-14-9-8-13-27(28)35(41(38,39)26-17-15-22(2)16-18-26)21-29(36)34(20-24-11-10-12-25(32)19-24)23(3)30(37)33-31(4,5)6/h8-19,23H,7,20-21H2,1-6H3,(H,33,37). The third kappa shape index (κ3) is 8.47. The van der Waals surface area contributed by atoms with Crippen LogP contribution in [0.4, 0.5) is 5.69 Å². The average Bonchev–Trinajstić information content (AvgIpc) is 2.90. The zero-order chi connectivity index (χ0) is 30.4. The molecule has 1 unspecified atom stereocenters. The molecule has 41 heavy (non-hydrogen) atoms. The van der Waals surface area contributed by atoms with Gasteiger partial charge in [-0.25, -0.2) is 8.42 Å². The Balaban J connectivity index is 2.09. The van der Waals surface area contributed by atoms with Gasteiger partial charge in [0.15, 0.2) is 0 Å². The van der Waals surface area contributed by atoms with Crippen molar-refractivity contribution in [2.45, 2.75) is 64.6 Å². The number of carbonyl (C=O) groups excluding carboxylic acids is 2. The number of hydrogen-bond donors (Lipinski definition) is 1. The Morgan fingerprint density at radius 3 is 2.27 bits per heavy atom. The maximum absolute atomic E-state index is 14.1. The molecule has 0 aromatic heterocycles. The van der Waals surface area contributed by atoms with E-state index in [1.165, 1.54) is 17.0 Å². The summed E-state index contributed by atoms with van der Waals surface area (Å²) in [4.78, 5) is 28.7. The number of rotatable bonds is 11. The lowest BCUT2D eigenvalue weighted by Gasteiger charge is -2.33. The van der Waals surface area contributed by atoms with E-state index in [0.717, 1.165) is 9.87 Å². The summed E-state index contributed by atoms with van der Waals surface area (Å²) in [5, 5.41) is 3.40. The van der Waals surface area contributed by atoms with Crippen LogP contribution < -0.4 is 14.4 Å². The molecule has 3 rings (SSSR count). The largest absolute Gasteiger partial charge is 0.492 e. The molecule has 0 bridgehead atoms. The van der Waals surface area contributed by atoms with Gasteiger partial charge >= 0.3 is 0 Å². The summed E-state index contributed by atoms with van der Waals surface area (Å²) in [6, 6.07) is 19.2. The molecule has 2 amide bonds. The molecule has 3 aromatic carbocycles. The molecule has 0 aliphatic carbocycles. The van der Waals surface area contributed by atoms with E-state index >= 15 is 0 Å². The molecule has 0 aliphatic rings. The first kappa shape index (κ1) is 32.0. The third-order valence-electron chi connectivity index (χ3n) is 6.23. The Morgan fingerprint density at radius 1 is 1.00 bits per heavy atom. The SMILES string of the molecule is CCOc1ccccc1N(CC(=O)N(Cc1cccc(Cl)c1)C(C)C(=O)NC(C)(C)C)S(=O)(=O)c1ccc(C)cc1. The van der Waals surface area contributed by atoms with Crippen LogP contribution >= 0.6 is 11.6 Å². The average molecular weight is 600 g/mol. The fraction of sp³-hybridized carbons (Fsp3) is 0.355. The van der Waals surface area contributed by atoms with E-state index in [9.17, 15) is 18.0 Å². The molecule has 0 saturated carbocycles. The molecule has 0 aliphatic heterocycles. The van der Waals surface area contributed by atoms with E-state index in [1.807, 2.05) is 27.7 Å². The first-order valence-corrected chi connectivity index (χ1v) is 15.2. The van der Waals surface area contributed by atoms with Gasteiger partial charge in [0, 0.05) is 17.1 Å². The Bertz CT molecular complexity index is 1470. The lowest BCUT2D eigenvalue weighted by atomic mass is 10.1. The van der Waals surface area contributed by atoms with Gasteiger partial charge in [-0.05, 0) is 83.5 Å². The van der Waals surface area contributed by atoms with Crippen molar-refractivity contribution in [3.05, 3.63) is 88.9 Å². The van der Waals surface area contributed by atoms with Crippen LogP contribution in [0.15, 0.2) is 77.7 Å². The molecule has 220 valence electrons. The van der Waals surface area contributed by atoms with Gasteiger partial charge in [-0.3, -0.25) is 13.9 Å². The van der Waals surface area contributed by atoms with Crippen molar-refractivity contribution in [3.8, 4) is 5.75 Å². The minimum Gasteiger partial charge on any atom is -0.492 e. The van der Waals surface area contributed by atoms with Crippen LogP contribution in [0.2, 0.25) is 5.02 Å². The highest BCUT2D eigenvalue weighted by molar-refractivity contribution is 7.92. The number of ether oxygens (including phenoxy) is 1. The Hall–Kier alpha value is -3.56. The fourth-order valence-electron chi connectivity index (χ4n) is 4.18. The minimum absolute atomic E-state index is 0.0297. The predicted molar refractivity (Wildman–Crippen MR) is 163 cm³/mol. The number of amides is 2. The lowest BCUT2D eigenvalue weighted by molar-refractivity contribution is -0.140. The van der Waals surface area contributed by atoms with Gasteiger partial charge in [0.1, 0.15) is 18.3 Å². The van der Waals surface area contributed by atoms with Gasteiger partial charge < -0.3 is 15.0 Å². The van der Waals surface area contributed by atoms with Crippen LogP contribution in [0, 0.1) is 6.92 Å². The second-order valence-electron chi connectivity index (χ2n) is 10.8. The fourth-order valence-corrected chi connectivity index (χ4v) is 5.82. The maximum Gasteiger partial charge on any atom is 0.264 e. The first-order valence-electron chi connectivity index (χ1n) is 13.4. The summed E-state index contributed by atoms with van der Waals surface area (Å²) in [5.41, 5.74) is 1.28. The quantitative estimate of drug-likeness (QED) is 0.311. The van der Waals surface area contributed by atoms with Crippen molar-refractivity contribution < 1.29 is 22.7 Å². The molecule has 8 nitrogen and oxygen atoms in total. The van der Waals surface area contributed by atoms with Crippen LogP contribution in [0.1, 0.15) is 45.7 Å². The van der Waals surface area contributed by atoms with E-state index < -0.39 is 34.1 Å². The van der Waals surface area contributed by atoms with E-state index in [2.05, 4.69) is 5.32 Å². The highest BCUT2D eigenvalue weighted by Gasteiger charge is 2.34. The Labute approximate surface area is 248 Å². The molecule has 0 fully saturated rings. The smallest absolute Gasteiger partial charge is 0.264 e. The molecular formula is C31H38ClN3O5S. The van der Waals surface area contributed by atoms with E-state index in [0.29, 0.717) is 22.9 Å². The number of halogens is 1. The van der Waals surface area contributed by atoms with Gasteiger partial charge in [-0.2, -0.15) is 0 Å². The van der Waals surface area contributed by atoms with Crippen molar-refractivity contribution in [3.63, 3.8) is 0 Å². The van der Waals surface area contributed by atoms with Gasteiger partial charge in [-0.1, -0.05) is 53.6 Å². The lowest BCUT2D eigenvalue weighted by Crippen LogP contribution is -2.54. The van der Waals surface area contributed by atoms with Gasteiger partial charge in [0.05, 0.1) is 17.2 Å². The van der Waals surface area contributed by atoms with Crippen molar-refractivity contribution in [1.82, 2.24) is 10.2 Å². The summed E-state index contributed by atoms with van der Waals surface area (Å²) in [5.74, 6) is -0.613. The molecule has 0 saturated heterocycles. The number of hydrogen-bond acceptors (Lipinski definition) is 5. The molecule has 1 N–H and O–H groups in total. The van der Waals surface area contributed by atoms with Crippen LogP contribution in [0.3, 0.4) is 0 Å². The number of nitrogens with one attached hydrogen (secondary N) is 1. The van der Waals surface area contributed by atoms with E-state index in [1.54, 1.807) is 74.5 Å². The number of para-hydroxylation sites is 2. The summed E-state index contributed by atoms with van der Waals surface area (Å²) in [6.45, 7) is 10.6. The van der Waals surface area contributed by atoms with Crippen molar-refractivity contribution in [2.24, 2.45) is 0 Å². The Morgan fingerprint density at radius 2 is 1.66 bits per heavy atom. The normalized spacial score (nSPS) is 12.4. The molecule has 0 spiro atoms. The summed E-state index contributed by atoms with van der Waals surface area (Å²) >= 11 is 6.20. The van der Waals surface area contributed by atoms with Crippen LogP contribution in [0.5, 0.6) is 5.75 Å². The van der Waals surface area contributed by atoms with Gasteiger partial charge in [0.25, 0.3) is 10.0 Å². The zero-order valence-electron chi connectivity index (χ0n) is 24.3. The van der Waals surface area contributed by atoms with Crippen LogP contribution in [-0.2, 0) is 26.2 Å². The van der Waals surface area contributed by atoms with E-state index in [4.69, 9.17) is 16.3 Å². The molecular weight excluding hydrogens is 562 g/mol. The highest BCUT2D eigenvalue weighted by atomic mass is 35.5. The van der Waals surface area contributed by atoms with Gasteiger partial charge in [0.2, 0.25) is 11.8 Å². The number of carbonyl (C=O) groups is 2. The Kier molecular flexibility index (Phi) is 10.4. The zero-order valence-corrected chi connectivity index (χ0v) is 25.9. The molecule has 10 heteroatoms. The molecule has 0 radical (unpaired) electrons.